The minimum atomic E-state index is -0.548. The molecule has 0 unspecified atom stereocenters. The van der Waals surface area contributed by atoms with Gasteiger partial charge in [0.2, 0.25) is 0 Å². The van der Waals surface area contributed by atoms with Gasteiger partial charge in [0.05, 0.1) is 29.3 Å². The van der Waals surface area contributed by atoms with E-state index in [1.165, 1.54) is 24.0 Å². The number of halogens is 1. The van der Waals surface area contributed by atoms with E-state index in [1.807, 2.05) is 0 Å². The second-order valence-corrected chi connectivity index (χ2v) is 5.41. The van der Waals surface area contributed by atoms with Gasteiger partial charge in [-0.05, 0) is 18.2 Å². The second-order valence-electron chi connectivity index (χ2n) is 5.41. The molecule has 0 aliphatic heterocycles. The summed E-state index contributed by atoms with van der Waals surface area (Å²) in [6.07, 6.45) is 5.38. The largest absolute Gasteiger partial charge is 0.351 e. The minimum absolute atomic E-state index is 0.460. The molecule has 124 valence electrons. The fourth-order valence-electron chi connectivity index (χ4n) is 2.46. The Hall–Kier alpha value is -3.62. The summed E-state index contributed by atoms with van der Waals surface area (Å²) >= 11 is 0. The topological polar surface area (TPSA) is 87.6 Å². The molecule has 8 nitrogen and oxygen atoms in total. The van der Waals surface area contributed by atoms with Crippen molar-refractivity contribution < 1.29 is 4.39 Å². The highest BCUT2D eigenvalue weighted by atomic mass is 19.1. The minimum Gasteiger partial charge on any atom is -0.267 e. The third-order valence-corrected chi connectivity index (χ3v) is 3.77. The average Bonchev–Trinajstić information content (AvgIpc) is 3.03. The molecule has 0 amide bonds. The quantitative estimate of drug-likeness (QED) is 0.540. The van der Waals surface area contributed by atoms with Crippen LogP contribution < -0.4 is 11.2 Å². The molecule has 0 fully saturated rings. The molecule has 3 heterocycles. The van der Waals surface area contributed by atoms with Crippen LogP contribution >= 0.6 is 0 Å². The first kappa shape index (κ1) is 14.9. The number of fused-ring (bicyclic) bond motifs is 1. The summed E-state index contributed by atoms with van der Waals surface area (Å²) in [6.45, 7) is 0. The molecule has 4 rings (SSSR count). The monoisotopic (exact) mass is 338 g/mol. The zero-order valence-electron chi connectivity index (χ0n) is 13.0. The van der Waals surface area contributed by atoms with Gasteiger partial charge in [-0.2, -0.15) is 14.9 Å². The van der Waals surface area contributed by atoms with Crippen LogP contribution in [0.25, 0.3) is 22.3 Å². The van der Waals surface area contributed by atoms with Crippen LogP contribution in [0.5, 0.6) is 0 Å². The zero-order valence-corrected chi connectivity index (χ0v) is 13.0. The Morgan fingerprint density at radius 3 is 2.68 bits per heavy atom. The van der Waals surface area contributed by atoms with Crippen LogP contribution in [0.1, 0.15) is 0 Å². The van der Waals surface area contributed by atoms with Crippen molar-refractivity contribution in [3.8, 4) is 11.4 Å². The van der Waals surface area contributed by atoms with Gasteiger partial charge in [-0.1, -0.05) is 0 Å². The van der Waals surface area contributed by atoms with Gasteiger partial charge in [0.15, 0.2) is 0 Å². The summed E-state index contributed by atoms with van der Waals surface area (Å²) in [5.74, 6) is -0.460. The fourth-order valence-corrected chi connectivity index (χ4v) is 2.46. The Labute approximate surface area is 139 Å². The maximum Gasteiger partial charge on any atom is 0.351 e. The Morgan fingerprint density at radius 2 is 1.88 bits per heavy atom. The number of hydrogen-bond acceptors (Lipinski definition) is 5. The third kappa shape index (κ3) is 2.51. The van der Waals surface area contributed by atoms with E-state index in [1.54, 1.807) is 24.4 Å². The number of aromatic nitrogens is 6. The van der Waals surface area contributed by atoms with Crippen LogP contribution in [0.2, 0.25) is 0 Å². The molecule has 0 aliphatic rings. The molecule has 0 N–H and O–H groups in total. The maximum absolute atomic E-state index is 13.3. The summed E-state index contributed by atoms with van der Waals surface area (Å²) in [6, 6.07) is 6.42. The summed E-state index contributed by atoms with van der Waals surface area (Å²) in [5.41, 5.74) is 0.605. The first-order chi connectivity index (χ1) is 12.0. The molecule has 0 spiro atoms. The summed E-state index contributed by atoms with van der Waals surface area (Å²) in [5, 5.41) is 8.96. The lowest BCUT2D eigenvalue weighted by Gasteiger charge is -2.04. The van der Waals surface area contributed by atoms with Crippen LogP contribution in [-0.4, -0.2) is 29.1 Å². The van der Waals surface area contributed by atoms with Gasteiger partial charge in [-0.25, -0.2) is 13.9 Å². The Bertz CT molecular complexity index is 1220. The summed E-state index contributed by atoms with van der Waals surface area (Å²) in [7, 11) is 1.39. The molecule has 0 saturated carbocycles. The van der Waals surface area contributed by atoms with E-state index in [9.17, 15) is 14.0 Å². The number of pyridine rings is 1. The second kappa shape index (κ2) is 5.48. The standard InChI is InChI=1S/C16H11FN6O2/c1-21-15(24)8-19-23(16(21)25)12-2-3-14-10(4-12)9-22(20-14)13-5-11(17)6-18-7-13/h2-9H,1H3. The van der Waals surface area contributed by atoms with Crippen LogP contribution in [0.15, 0.2) is 58.6 Å². The molecular formula is C16H11FN6O2. The highest BCUT2D eigenvalue weighted by molar-refractivity contribution is 5.80. The molecule has 0 atom stereocenters. The maximum atomic E-state index is 13.3. The lowest BCUT2D eigenvalue weighted by molar-refractivity contribution is 0.618. The SMILES string of the molecule is Cn1c(=O)cnn(-c2ccc3nn(-c4cncc(F)c4)cc3c2)c1=O. The van der Waals surface area contributed by atoms with Crippen molar-refractivity contribution >= 4 is 10.9 Å². The van der Waals surface area contributed by atoms with E-state index in [-0.39, 0.29) is 0 Å². The smallest absolute Gasteiger partial charge is 0.267 e. The molecule has 1 aromatic carbocycles. The van der Waals surface area contributed by atoms with Crippen molar-refractivity contribution in [3.63, 3.8) is 0 Å². The van der Waals surface area contributed by atoms with Crippen LogP contribution in [0, 0.1) is 5.82 Å². The highest BCUT2D eigenvalue weighted by Gasteiger charge is 2.09. The van der Waals surface area contributed by atoms with Crippen molar-refractivity contribution in [3.05, 3.63) is 75.7 Å². The van der Waals surface area contributed by atoms with Gasteiger partial charge in [0, 0.05) is 24.7 Å². The van der Waals surface area contributed by atoms with E-state index in [0.717, 1.165) is 27.0 Å². The first-order valence-corrected chi connectivity index (χ1v) is 7.29. The van der Waals surface area contributed by atoms with Gasteiger partial charge >= 0.3 is 5.69 Å². The number of hydrogen-bond donors (Lipinski definition) is 0. The van der Waals surface area contributed by atoms with E-state index < -0.39 is 17.1 Å². The molecule has 9 heteroatoms. The lowest BCUT2D eigenvalue weighted by Crippen LogP contribution is -2.38. The van der Waals surface area contributed by atoms with Crippen LogP contribution in [0.3, 0.4) is 0 Å². The van der Waals surface area contributed by atoms with Crippen LogP contribution in [-0.2, 0) is 7.05 Å². The Balaban J connectivity index is 1.85. The van der Waals surface area contributed by atoms with Gasteiger partial charge < -0.3 is 0 Å². The van der Waals surface area contributed by atoms with Crippen molar-refractivity contribution in [2.75, 3.05) is 0 Å². The molecule has 3 aromatic heterocycles. The average molecular weight is 338 g/mol. The van der Waals surface area contributed by atoms with Gasteiger partial charge in [-0.15, -0.1) is 0 Å². The van der Waals surface area contributed by atoms with Crippen LogP contribution in [0.4, 0.5) is 4.39 Å². The van der Waals surface area contributed by atoms with Crippen molar-refractivity contribution in [1.29, 1.82) is 0 Å². The predicted molar refractivity (Wildman–Crippen MR) is 87.5 cm³/mol. The number of nitrogens with zero attached hydrogens (tertiary/aromatic N) is 6. The number of rotatable bonds is 2. The molecule has 25 heavy (non-hydrogen) atoms. The van der Waals surface area contributed by atoms with Gasteiger partial charge in [0.1, 0.15) is 12.0 Å². The fraction of sp³-hybridized carbons (Fsp3) is 0.0625. The van der Waals surface area contributed by atoms with E-state index >= 15 is 0 Å². The first-order valence-electron chi connectivity index (χ1n) is 7.29. The van der Waals surface area contributed by atoms with Crippen molar-refractivity contribution in [2.24, 2.45) is 7.05 Å². The van der Waals surface area contributed by atoms with Crippen molar-refractivity contribution in [1.82, 2.24) is 29.1 Å². The normalized spacial score (nSPS) is 11.1. The zero-order chi connectivity index (χ0) is 17.6. The lowest BCUT2D eigenvalue weighted by atomic mass is 10.2. The molecule has 0 bridgehead atoms. The summed E-state index contributed by atoms with van der Waals surface area (Å²) in [4.78, 5) is 27.4. The van der Waals surface area contributed by atoms with E-state index in [4.69, 9.17) is 0 Å². The van der Waals surface area contributed by atoms with Gasteiger partial charge in [0.25, 0.3) is 5.56 Å². The van der Waals surface area contributed by atoms with Gasteiger partial charge in [-0.3, -0.25) is 14.3 Å². The Kier molecular flexibility index (Phi) is 3.27. The molecule has 0 radical (unpaired) electrons. The van der Waals surface area contributed by atoms with E-state index in [0.29, 0.717) is 16.9 Å². The highest BCUT2D eigenvalue weighted by Crippen LogP contribution is 2.18. The third-order valence-electron chi connectivity index (χ3n) is 3.77. The molecular weight excluding hydrogens is 327 g/mol. The molecule has 0 aliphatic carbocycles. The molecule has 4 aromatic rings. The Morgan fingerprint density at radius 1 is 1.04 bits per heavy atom. The predicted octanol–water partition coefficient (Wildman–Crippen LogP) is 0.804. The summed E-state index contributed by atoms with van der Waals surface area (Å²) < 4.78 is 16.9. The molecule has 0 saturated heterocycles. The number of benzene rings is 1. The van der Waals surface area contributed by atoms with Crippen molar-refractivity contribution in [2.45, 2.75) is 0 Å². The van der Waals surface area contributed by atoms with E-state index in [2.05, 4.69) is 15.2 Å².